The number of hydrogen-bond acceptors (Lipinski definition) is 3. The zero-order valence-corrected chi connectivity index (χ0v) is 16.6. The van der Waals surface area contributed by atoms with Gasteiger partial charge in [-0.2, -0.15) is 0 Å². The normalized spacial score (nSPS) is 22.8. The fourth-order valence-electron chi connectivity index (χ4n) is 1.72. The molecule has 0 saturated carbocycles. The molecule has 0 spiro atoms. The summed E-state index contributed by atoms with van der Waals surface area (Å²) in [5, 5.41) is 0.235. The molecule has 0 aromatic rings. The Morgan fingerprint density at radius 2 is 1.52 bits per heavy atom. The van der Waals surface area contributed by atoms with Gasteiger partial charge in [-0.25, -0.2) is 0 Å². The molecule has 1 fully saturated rings. The average molecular weight is 312 g/mol. The second-order valence-corrected chi connectivity index (χ2v) is 13.4. The van der Waals surface area contributed by atoms with Gasteiger partial charge in [0.2, 0.25) is 0 Å². The predicted molar refractivity (Wildman–Crippen MR) is 93.0 cm³/mol. The summed E-state index contributed by atoms with van der Waals surface area (Å²) in [6.07, 6.45) is 2.10. The molecule has 0 radical (unpaired) electrons. The summed E-state index contributed by atoms with van der Waals surface area (Å²) in [6.45, 7) is 22.3. The topological polar surface area (TPSA) is 27.7 Å². The zero-order chi connectivity index (χ0) is 16.7. The van der Waals surface area contributed by atoms with Crippen LogP contribution in [-0.2, 0) is 13.7 Å². The fourth-order valence-corrected chi connectivity index (χ4v) is 2.66. The molecule has 0 unspecified atom stereocenters. The van der Waals surface area contributed by atoms with Gasteiger partial charge in [0.05, 0.1) is 17.8 Å². The molecular formula is C16H33BO3Si. The van der Waals surface area contributed by atoms with Crippen LogP contribution in [0.25, 0.3) is 0 Å². The molecule has 0 aromatic carbocycles. The van der Waals surface area contributed by atoms with Crippen LogP contribution in [0.1, 0.15) is 55.4 Å². The van der Waals surface area contributed by atoms with Crippen molar-refractivity contribution in [1.82, 2.24) is 0 Å². The van der Waals surface area contributed by atoms with Crippen LogP contribution in [0.3, 0.4) is 0 Å². The van der Waals surface area contributed by atoms with E-state index in [4.69, 9.17) is 13.7 Å². The quantitative estimate of drug-likeness (QED) is 0.711. The first-order valence-corrected chi connectivity index (χ1v) is 10.8. The molecule has 1 aliphatic rings. The lowest BCUT2D eigenvalue weighted by Crippen LogP contribution is -2.41. The minimum absolute atomic E-state index is 0.235. The van der Waals surface area contributed by atoms with E-state index in [0.717, 1.165) is 5.47 Å². The maximum atomic E-state index is 6.18. The maximum absolute atomic E-state index is 6.18. The lowest BCUT2D eigenvalue weighted by molar-refractivity contribution is 0.00578. The summed E-state index contributed by atoms with van der Waals surface area (Å²) in [4.78, 5) is 0. The van der Waals surface area contributed by atoms with Crippen molar-refractivity contribution in [1.29, 1.82) is 0 Å². The first-order valence-electron chi connectivity index (χ1n) is 7.86. The van der Waals surface area contributed by atoms with Gasteiger partial charge in [0.25, 0.3) is 0 Å². The van der Waals surface area contributed by atoms with Crippen LogP contribution < -0.4 is 0 Å². The maximum Gasteiger partial charge on any atom is 0.490 e. The van der Waals surface area contributed by atoms with Crippen LogP contribution >= 0.6 is 0 Å². The van der Waals surface area contributed by atoms with Gasteiger partial charge in [0.15, 0.2) is 8.32 Å². The predicted octanol–water partition coefficient (Wildman–Crippen LogP) is 4.59. The lowest BCUT2D eigenvalue weighted by Gasteiger charge is -2.35. The summed E-state index contributed by atoms with van der Waals surface area (Å²) in [5.41, 5.74) is 0.521. The third-order valence-electron chi connectivity index (χ3n) is 5.28. The van der Waals surface area contributed by atoms with E-state index >= 15 is 0 Å². The Morgan fingerprint density at radius 1 is 1.10 bits per heavy atom. The molecule has 5 heteroatoms. The summed E-state index contributed by atoms with van der Waals surface area (Å²) in [5.74, 6) is 0. The van der Waals surface area contributed by atoms with E-state index in [2.05, 4.69) is 74.6 Å². The Bertz CT molecular complexity index is 392. The van der Waals surface area contributed by atoms with Crippen molar-refractivity contribution < 1.29 is 13.7 Å². The van der Waals surface area contributed by atoms with Crippen molar-refractivity contribution in [3.05, 3.63) is 11.5 Å². The van der Waals surface area contributed by atoms with E-state index in [0.29, 0.717) is 6.61 Å². The summed E-state index contributed by atoms with van der Waals surface area (Å²) in [6, 6.07) is 0. The molecule has 1 rings (SSSR count). The van der Waals surface area contributed by atoms with Gasteiger partial charge in [-0.1, -0.05) is 26.8 Å². The smallest absolute Gasteiger partial charge is 0.413 e. The second kappa shape index (κ2) is 5.84. The number of rotatable bonds is 4. The minimum Gasteiger partial charge on any atom is -0.413 e. The Hall–Kier alpha value is -0.0982. The van der Waals surface area contributed by atoms with Crippen molar-refractivity contribution in [3.8, 4) is 0 Å². The van der Waals surface area contributed by atoms with E-state index in [1.54, 1.807) is 0 Å². The Morgan fingerprint density at radius 3 is 1.90 bits per heavy atom. The van der Waals surface area contributed by atoms with Gasteiger partial charge in [-0.15, -0.1) is 0 Å². The first-order chi connectivity index (χ1) is 9.20. The van der Waals surface area contributed by atoms with E-state index in [9.17, 15) is 0 Å². The summed E-state index contributed by atoms with van der Waals surface area (Å²) < 4.78 is 18.3. The number of hydrogen-bond donors (Lipinski definition) is 0. The van der Waals surface area contributed by atoms with E-state index in [1.165, 1.54) is 0 Å². The third-order valence-corrected chi connectivity index (χ3v) is 9.78. The lowest BCUT2D eigenvalue weighted by atomic mass is 9.79. The van der Waals surface area contributed by atoms with Crippen LogP contribution in [0.2, 0.25) is 18.1 Å². The van der Waals surface area contributed by atoms with Crippen molar-refractivity contribution in [2.45, 2.75) is 84.7 Å². The third kappa shape index (κ3) is 4.21. The molecule has 0 N–H and O–H groups in total. The molecule has 21 heavy (non-hydrogen) atoms. The summed E-state index contributed by atoms with van der Waals surface area (Å²) in [7, 11) is -1.96. The van der Waals surface area contributed by atoms with E-state index in [-0.39, 0.29) is 23.4 Å². The van der Waals surface area contributed by atoms with E-state index in [1.807, 2.05) is 0 Å². The molecule has 0 aliphatic carbocycles. The molecule has 1 heterocycles. The van der Waals surface area contributed by atoms with Gasteiger partial charge in [-0.05, 0) is 58.2 Å². The van der Waals surface area contributed by atoms with Gasteiger partial charge in [0, 0.05) is 0 Å². The highest BCUT2D eigenvalue weighted by Crippen LogP contribution is 2.39. The van der Waals surface area contributed by atoms with Gasteiger partial charge < -0.3 is 13.7 Å². The highest BCUT2D eigenvalue weighted by atomic mass is 28.4. The molecule has 0 amide bonds. The van der Waals surface area contributed by atoms with Crippen molar-refractivity contribution >= 4 is 15.4 Å². The van der Waals surface area contributed by atoms with Crippen molar-refractivity contribution in [3.63, 3.8) is 0 Å². The monoisotopic (exact) mass is 312 g/mol. The molecule has 1 saturated heterocycles. The minimum atomic E-state index is -1.69. The second-order valence-electron chi connectivity index (χ2n) is 8.61. The van der Waals surface area contributed by atoms with Crippen LogP contribution in [-0.4, -0.2) is 33.2 Å². The Labute approximate surface area is 132 Å². The molecule has 1 aliphatic heterocycles. The first kappa shape index (κ1) is 18.9. The van der Waals surface area contributed by atoms with E-state index < -0.39 is 8.32 Å². The highest BCUT2D eigenvalue weighted by molar-refractivity contribution is 6.74. The van der Waals surface area contributed by atoms with Crippen LogP contribution in [0.4, 0.5) is 0 Å². The van der Waals surface area contributed by atoms with Crippen LogP contribution in [0.15, 0.2) is 11.5 Å². The molecule has 122 valence electrons. The van der Waals surface area contributed by atoms with Gasteiger partial charge in [0.1, 0.15) is 0 Å². The Kier molecular flexibility index (Phi) is 5.27. The molecule has 3 nitrogen and oxygen atoms in total. The van der Waals surface area contributed by atoms with Crippen LogP contribution in [0.5, 0.6) is 0 Å². The standard InChI is InChI=1S/C16H33BO3Si/c1-13(11-12-18-21(9,10)14(2,3)4)17-19-15(5,6)16(7,8)20-17/h11H,12H2,1-10H3. The molecular weight excluding hydrogens is 279 g/mol. The highest BCUT2D eigenvalue weighted by Gasteiger charge is 2.51. The van der Waals surface area contributed by atoms with Gasteiger partial charge >= 0.3 is 7.12 Å². The average Bonchev–Trinajstić information content (AvgIpc) is 2.46. The zero-order valence-electron chi connectivity index (χ0n) is 15.6. The van der Waals surface area contributed by atoms with Crippen molar-refractivity contribution in [2.24, 2.45) is 0 Å². The molecule has 0 atom stereocenters. The fraction of sp³-hybridized carbons (Fsp3) is 0.875. The van der Waals surface area contributed by atoms with Crippen LogP contribution in [0, 0.1) is 0 Å². The number of allylic oxidation sites excluding steroid dienone is 1. The largest absolute Gasteiger partial charge is 0.490 e. The van der Waals surface area contributed by atoms with Gasteiger partial charge in [-0.3, -0.25) is 0 Å². The molecule has 0 bridgehead atoms. The molecule has 0 aromatic heterocycles. The SMILES string of the molecule is CC(=CCO[Si](C)(C)C(C)(C)C)B1OC(C)(C)C(C)(C)O1. The van der Waals surface area contributed by atoms with Crippen molar-refractivity contribution in [2.75, 3.05) is 6.61 Å². The summed E-state index contributed by atoms with van der Waals surface area (Å²) >= 11 is 0. The Balaban J connectivity index is 2.64.